The van der Waals surface area contributed by atoms with Crippen molar-refractivity contribution < 1.29 is 19.2 Å². The summed E-state index contributed by atoms with van der Waals surface area (Å²) in [5, 5.41) is 15.0. The zero-order chi connectivity index (χ0) is 19.1. The lowest BCUT2D eigenvalue weighted by Crippen LogP contribution is -2.25. The van der Waals surface area contributed by atoms with Crippen molar-refractivity contribution in [2.24, 2.45) is 5.10 Å². The van der Waals surface area contributed by atoms with Gasteiger partial charge >= 0.3 is 0 Å². The molecule has 0 saturated heterocycles. The third kappa shape index (κ3) is 5.04. The Bertz CT molecular complexity index is 831. The summed E-state index contributed by atoms with van der Waals surface area (Å²) in [5.74, 6) is 0.770. The Morgan fingerprint density at radius 3 is 2.46 bits per heavy atom. The van der Waals surface area contributed by atoms with Crippen LogP contribution in [0, 0.1) is 17.0 Å². The predicted molar refractivity (Wildman–Crippen MR) is 96.7 cm³/mol. The summed E-state index contributed by atoms with van der Waals surface area (Å²) in [6.07, 6.45) is 0. The molecule has 0 aliphatic heterocycles. The van der Waals surface area contributed by atoms with Crippen molar-refractivity contribution >= 4 is 17.3 Å². The van der Waals surface area contributed by atoms with Gasteiger partial charge in [0, 0.05) is 17.2 Å². The van der Waals surface area contributed by atoms with Crippen LogP contribution in [0.15, 0.2) is 47.6 Å². The van der Waals surface area contributed by atoms with E-state index in [1.54, 1.807) is 57.4 Å². The number of nitrogens with zero attached hydrogens (tertiary/aromatic N) is 2. The van der Waals surface area contributed by atoms with Crippen molar-refractivity contribution in [1.82, 2.24) is 5.43 Å². The number of nitrogens with one attached hydrogen (secondary N) is 1. The van der Waals surface area contributed by atoms with Crippen molar-refractivity contribution in [3.8, 4) is 11.5 Å². The minimum absolute atomic E-state index is 0.00576. The molecule has 26 heavy (non-hydrogen) atoms. The summed E-state index contributed by atoms with van der Waals surface area (Å²) in [6, 6.07) is 11.6. The molecule has 0 atom stereocenters. The fourth-order valence-electron chi connectivity index (χ4n) is 2.10. The number of hydrazone groups is 1. The fourth-order valence-corrected chi connectivity index (χ4v) is 2.10. The molecule has 0 fully saturated rings. The average molecular weight is 357 g/mol. The molecule has 0 aliphatic carbocycles. The van der Waals surface area contributed by atoms with E-state index in [0.29, 0.717) is 28.3 Å². The molecule has 8 nitrogen and oxygen atoms in total. The maximum atomic E-state index is 11.8. The molecule has 8 heteroatoms. The molecule has 0 aliphatic rings. The smallest absolute Gasteiger partial charge is 0.277 e. The van der Waals surface area contributed by atoms with Crippen LogP contribution in [0.3, 0.4) is 0 Å². The summed E-state index contributed by atoms with van der Waals surface area (Å²) >= 11 is 0. The molecule has 1 N–H and O–H groups in total. The number of carbonyl (C=O) groups excluding carboxylic acids is 1. The first kappa shape index (κ1) is 18.9. The topological polar surface area (TPSA) is 103 Å². The number of ether oxygens (including phenoxy) is 2. The first-order valence-electron chi connectivity index (χ1n) is 7.76. The van der Waals surface area contributed by atoms with Crippen LogP contribution in [-0.4, -0.2) is 30.3 Å². The van der Waals surface area contributed by atoms with Crippen LogP contribution in [0.2, 0.25) is 0 Å². The van der Waals surface area contributed by atoms with Gasteiger partial charge in [-0.25, -0.2) is 5.43 Å². The van der Waals surface area contributed by atoms with Gasteiger partial charge in [-0.05, 0) is 38.1 Å². The average Bonchev–Trinajstić information content (AvgIpc) is 2.64. The first-order valence-corrected chi connectivity index (χ1v) is 7.76. The number of methoxy groups -OCH3 is 1. The molecule has 0 saturated carbocycles. The minimum Gasteiger partial charge on any atom is -0.497 e. The first-order chi connectivity index (χ1) is 12.4. The van der Waals surface area contributed by atoms with Gasteiger partial charge in [0.25, 0.3) is 11.6 Å². The second-order valence-electron chi connectivity index (χ2n) is 5.45. The van der Waals surface area contributed by atoms with E-state index >= 15 is 0 Å². The predicted octanol–water partition coefficient (Wildman–Crippen LogP) is 2.83. The molecule has 2 rings (SSSR count). The minimum atomic E-state index is -0.451. The number of hydrogen-bond acceptors (Lipinski definition) is 6. The summed E-state index contributed by atoms with van der Waals surface area (Å²) in [4.78, 5) is 22.4. The molecule has 1 amide bonds. The standard InChI is InChI=1S/C18H19N3O5/c1-12-4-5-14(10-17(12)21(23)24)13(2)19-20-18(22)11-26-16-8-6-15(25-3)7-9-16/h4-10H,11H2,1-3H3,(H,20,22)/b19-13-. The largest absolute Gasteiger partial charge is 0.497 e. The van der Waals surface area contributed by atoms with Gasteiger partial charge in [0.05, 0.1) is 17.7 Å². The molecule has 0 bridgehead atoms. The molecule has 2 aromatic rings. The molecular formula is C18H19N3O5. The van der Waals surface area contributed by atoms with Crippen LogP contribution >= 0.6 is 0 Å². The molecule has 2 aromatic carbocycles. The SMILES string of the molecule is COc1ccc(OCC(=O)N/N=C(/C)c2ccc(C)c([N+](=O)[O-])c2)cc1. The van der Waals surface area contributed by atoms with Gasteiger partial charge in [-0.3, -0.25) is 14.9 Å². The van der Waals surface area contributed by atoms with E-state index in [1.165, 1.54) is 6.07 Å². The Morgan fingerprint density at radius 1 is 1.19 bits per heavy atom. The molecule has 136 valence electrons. The van der Waals surface area contributed by atoms with E-state index in [9.17, 15) is 14.9 Å². The molecule has 0 heterocycles. The van der Waals surface area contributed by atoms with E-state index in [2.05, 4.69) is 10.5 Å². The third-order valence-corrected chi connectivity index (χ3v) is 3.60. The lowest BCUT2D eigenvalue weighted by Gasteiger charge is -2.07. The highest BCUT2D eigenvalue weighted by molar-refractivity contribution is 5.99. The van der Waals surface area contributed by atoms with E-state index in [1.807, 2.05) is 0 Å². The third-order valence-electron chi connectivity index (χ3n) is 3.60. The van der Waals surface area contributed by atoms with Crippen LogP contribution in [0.1, 0.15) is 18.1 Å². The molecule has 0 aromatic heterocycles. The van der Waals surface area contributed by atoms with Gasteiger partial charge in [0.15, 0.2) is 6.61 Å². The summed E-state index contributed by atoms with van der Waals surface area (Å²) < 4.78 is 10.4. The molecule has 0 radical (unpaired) electrons. The van der Waals surface area contributed by atoms with Gasteiger partial charge in [-0.15, -0.1) is 0 Å². The molecule has 0 spiro atoms. The second kappa shape index (κ2) is 8.61. The Labute approximate surface area is 150 Å². The van der Waals surface area contributed by atoms with Crippen molar-refractivity contribution in [1.29, 1.82) is 0 Å². The Kier molecular flexibility index (Phi) is 6.26. The van der Waals surface area contributed by atoms with Gasteiger partial charge < -0.3 is 9.47 Å². The Morgan fingerprint density at radius 2 is 1.85 bits per heavy atom. The van der Waals surface area contributed by atoms with Gasteiger partial charge in [0.1, 0.15) is 11.5 Å². The normalized spacial score (nSPS) is 11.0. The quantitative estimate of drug-likeness (QED) is 0.466. The molecule has 0 unspecified atom stereocenters. The highest BCUT2D eigenvalue weighted by Gasteiger charge is 2.12. The van der Waals surface area contributed by atoms with Crippen LogP contribution < -0.4 is 14.9 Å². The monoisotopic (exact) mass is 357 g/mol. The molecular weight excluding hydrogens is 338 g/mol. The second-order valence-corrected chi connectivity index (χ2v) is 5.45. The number of rotatable bonds is 7. The highest BCUT2D eigenvalue weighted by atomic mass is 16.6. The van der Waals surface area contributed by atoms with E-state index < -0.39 is 10.8 Å². The fraction of sp³-hybridized carbons (Fsp3) is 0.222. The number of aryl methyl sites for hydroxylation is 1. The summed E-state index contributed by atoms with van der Waals surface area (Å²) in [7, 11) is 1.56. The zero-order valence-electron chi connectivity index (χ0n) is 14.7. The van der Waals surface area contributed by atoms with Crippen LogP contribution in [0.4, 0.5) is 5.69 Å². The van der Waals surface area contributed by atoms with Gasteiger partial charge in [0.2, 0.25) is 0 Å². The Hall–Kier alpha value is -3.42. The van der Waals surface area contributed by atoms with Crippen LogP contribution in [0.5, 0.6) is 11.5 Å². The van der Waals surface area contributed by atoms with E-state index in [-0.39, 0.29) is 12.3 Å². The van der Waals surface area contributed by atoms with Crippen molar-refractivity contribution in [2.75, 3.05) is 13.7 Å². The number of benzene rings is 2. The number of hydrogen-bond donors (Lipinski definition) is 1. The lowest BCUT2D eigenvalue weighted by atomic mass is 10.1. The van der Waals surface area contributed by atoms with Gasteiger partial charge in [-0.2, -0.15) is 5.10 Å². The summed E-state index contributed by atoms with van der Waals surface area (Å²) in [6.45, 7) is 3.10. The number of amides is 1. The van der Waals surface area contributed by atoms with Crippen molar-refractivity contribution in [3.05, 3.63) is 63.7 Å². The zero-order valence-corrected chi connectivity index (χ0v) is 14.7. The Balaban J connectivity index is 1.94. The van der Waals surface area contributed by atoms with Gasteiger partial charge in [-0.1, -0.05) is 12.1 Å². The van der Waals surface area contributed by atoms with E-state index in [0.717, 1.165) is 0 Å². The summed E-state index contributed by atoms with van der Waals surface area (Å²) in [5.41, 5.74) is 3.94. The van der Waals surface area contributed by atoms with Crippen LogP contribution in [0.25, 0.3) is 0 Å². The number of carbonyl (C=O) groups is 1. The number of nitro groups is 1. The highest BCUT2D eigenvalue weighted by Crippen LogP contribution is 2.19. The lowest BCUT2D eigenvalue weighted by molar-refractivity contribution is -0.385. The van der Waals surface area contributed by atoms with Crippen molar-refractivity contribution in [2.45, 2.75) is 13.8 Å². The van der Waals surface area contributed by atoms with Crippen molar-refractivity contribution in [3.63, 3.8) is 0 Å². The maximum Gasteiger partial charge on any atom is 0.277 e. The maximum absolute atomic E-state index is 11.8. The number of nitro benzene ring substituents is 1. The van der Waals surface area contributed by atoms with E-state index in [4.69, 9.17) is 9.47 Å². The van der Waals surface area contributed by atoms with Crippen LogP contribution in [-0.2, 0) is 4.79 Å².